The Morgan fingerprint density at radius 2 is 2.05 bits per heavy atom. The van der Waals surface area contributed by atoms with E-state index < -0.39 is 24.1 Å². The van der Waals surface area contributed by atoms with E-state index in [4.69, 9.17) is 5.73 Å². The topological polar surface area (TPSA) is 72.6 Å². The van der Waals surface area contributed by atoms with Crippen LogP contribution in [0.3, 0.4) is 0 Å². The molecule has 1 heterocycles. The van der Waals surface area contributed by atoms with Crippen LogP contribution >= 0.6 is 0 Å². The van der Waals surface area contributed by atoms with Crippen LogP contribution in [-0.2, 0) is 16.1 Å². The van der Waals surface area contributed by atoms with Crippen LogP contribution in [0.2, 0.25) is 0 Å². The Kier molecular flexibility index (Phi) is 4.06. The molecule has 0 aromatic heterocycles. The van der Waals surface area contributed by atoms with E-state index in [9.17, 15) is 22.8 Å². The molecule has 2 amide bonds. The molecule has 0 spiro atoms. The fourth-order valence-electron chi connectivity index (χ4n) is 2.27. The first-order chi connectivity index (χ1) is 9.78. The van der Waals surface area contributed by atoms with E-state index in [0.29, 0.717) is 0 Å². The molecule has 8 heteroatoms. The Balaban J connectivity index is 2.23. The molecule has 2 rings (SSSR count). The molecule has 5 nitrogen and oxygen atoms in total. The molecule has 0 aliphatic carbocycles. The van der Waals surface area contributed by atoms with Crippen LogP contribution in [0.25, 0.3) is 0 Å². The summed E-state index contributed by atoms with van der Waals surface area (Å²) >= 11 is 0. The average Bonchev–Trinajstić information content (AvgIpc) is 2.72. The van der Waals surface area contributed by atoms with Gasteiger partial charge in [0.25, 0.3) is 0 Å². The summed E-state index contributed by atoms with van der Waals surface area (Å²) in [6.45, 7) is -0.154. The quantitative estimate of drug-likeness (QED) is 0.917. The van der Waals surface area contributed by atoms with Gasteiger partial charge >= 0.3 is 6.36 Å². The molecule has 2 N–H and O–H groups in total. The number of hydrogen-bond donors (Lipinski definition) is 1. The molecule has 1 fully saturated rings. The molecule has 0 saturated carbocycles. The zero-order valence-corrected chi connectivity index (χ0v) is 10.9. The van der Waals surface area contributed by atoms with Crippen molar-refractivity contribution in [2.24, 2.45) is 5.73 Å². The van der Waals surface area contributed by atoms with Crippen molar-refractivity contribution in [3.63, 3.8) is 0 Å². The van der Waals surface area contributed by atoms with Crippen LogP contribution in [0.5, 0.6) is 5.75 Å². The highest BCUT2D eigenvalue weighted by molar-refractivity contribution is 5.90. The normalized spacial score (nSPS) is 18.9. The summed E-state index contributed by atoms with van der Waals surface area (Å²) in [4.78, 5) is 24.2. The summed E-state index contributed by atoms with van der Waals surface area (Å²) in [7, 11) is 0. The van der Waals surface area contributed by atoms with Crippen LogP contribution in [0.1, 0.15) is 18.4 Å². The van der Waals surface area contributed by atoms with Crippen molar-refractivity contribution in [2.75, 3.05) is 0 Å². The number of rotatable bonds is 4. The maximum absolute atomic E-state index is 12.3. The van der Waals surface area contributed by atoms with Crippen LogP contribution in [-0.4, -0.2) is 29.1 Å². The summed E-state index contributed by atoms with van der Waals surface area (Å²) in [6, 6.07) is 4.68. The monoisotopic (exact) mass is 302 g/mol. The van der Waals surface area contributed by atoms with Gasteiger partial charge in [-0.1, -0.05) is 18.2 Å². The first-order valence-corrected chi connectivity index (χ1v) is 6.20. The first kappa shape index (κ1) is 15.1. The lowest BCUT2D eigenvalue weighted by Crippen LogP contribution is -2.41. The Labute approximate surface area is 118 Å². The van der Waals surface area contributed by atoms with Crippen molar-refractivity contribution in [1.29, 1.82) is 0 Å². The van der Waals surface area contributed by atoms with Crippen LogP contribution < -0.4 is 10.5 Å². The minimum absolute atomic E-state index is 0.149. The summed E-state index contributed by atoms with van der Waals surface area (Å²) in [6.07, 6.45) is -4.40. The van der Waals surface area contributed by atoms with E-state index in [1.165, 1.54) is 23.1 Å². The van der Waals surface area contributed by atoms with Gasteiger partial charge in [0, 0.05) is 12.0 Å². The molecule has 0 radical (unpaired) electrons. The maximum atomic E-state index is 12.3. The van der Waals surface area contributed by atoms with Crippen molar-refractivity contribution >= 4 is 11.8 Å². The molecule has 1 aromatic carbocycles. The second-order valence-electron chi connectivity index (χ2n) is 4.63. The Morgan fingerprint density at radius 1 is 1.38 bits per heavy atom. The average molecular weight is 302 g/mol. The second kappa shape index (κ2) is 5.63. The summed E-state index contributed by atoms with van der Waals surface area (Å²) in [5.41, 5.74) is 5.36. The number of nitrogens with two attached hydrogens (primary N) is 1. The molecule has 114 valence electrons. The third-order valence-electron chi connectivity index (χ3n) is 3.20. The Morgan fingerprint density at radius 3 is 2.67 bits per heavy atom. The molecule has 1 aliphatic heterocycles. The lowest BCUT2D eigenvalue weighted by Gasteiger charge is -2.23. The van der Waals surface area contributed by atoms with Crippen LogP contribution in [0.4, 0.5) is 13.2 Å². The number of halogens is 3. The lowest BCUT2D eigenvalue weighted by atomic mass is 10.1. The number of benzene rings is 1. The number of likely N-dealkylation sites (tertiary alicyclic amines) is 1. The fourth-order valence-corrected chi connectivity index (χ4v) is 2.27. The van der Waals surface area contributed by atoms with E-state index >= 15 is 0 Å². The van der Waals surface area contributed by atoms with Gasteiger partial charge in [-0.25, -0.2) is 0 Å². The Bertz CT molecular complexity index is 560. The summed E-state index contributed by atoms with van der Waals surface area (Å²) < 4.78 is 40.9. The van der Waals surface area contributed by atoms with Crippen LogP contribution in [0.15, 0.2) is 24.3 Å². The largest absolute Gasteiger partial charge is 0.573 e. The Hall–Kier alpha value is -2.25. The number of amides is 2. The molecule has 1 atom stereocenters. The van der Waals surface area contributed by atoms with E-state index in [0.717, 1.165) is 6.07 Å². The minimum Gasteiger partial charge on any atom is -0.405 e. The van der Waals surface area contributed by atoms with Crippen LogP contribution in [0, 0.1) is 0 Å². The van der Waals surface area contributed by atoms with Gasteiger partial charge in [0.05, 0.1) is 6.54 Å². The number of carbonyl (C=O) groups is 2. The number of hydrogen-bond acceptors (Lipinski definition) is 3. The van der Waals surface area contributed by atoms with Gasteiger partial charge in [0.2, 0.25) is 11.8 Å². The van der Waals surface area contributed by atoms with Gasteiger partial charge in [-0.15, -0.1) is 13.2 Å². The highest BCUT2D eigenvalue weighted by Crippen LogP contribution is 2.29. The van der Waals surface area contributed by atoms with Gasteiger partial charge in [0.15, 0.2) is 0 Å². The summed E-state index contributed by atoms with van der Waals surface area (Å²) in [5, 5.41) is 0. The number of nitrogens with zero attached hydrogens (tertiary/aromatic N) is 1. The highest BCUT2D eigenvalue weighted by Gasteiger charge is 2.36. The molecule has 1 saturated heterocycles. The van der Waals surface area contributed by atoms with Crippen molar-refractivity contribution in [2.45, 2.75) is 31.8 Å². The number of ether oxygens (including phenoxy) is 1. The van der Waals surface area contributed by atoms with Crippen molar-refractivity contribution < 1.29 is 27.5 Å². The van der Waals surface area contributed by atoms with Crippen molar-refractivity contribution in [1.82, 2.24) is 4.90 Å². The van der Waals surface area contributed by atoms with Gasteiger partial charge in [-0.3, -0.25) is 9.59 Å². The SMILES string of the molecule is NC(=O)[C@H]1CCC(=O)N1Cc1ccccc1OC(F)(F)F. The number of carbonyl (C=O) groups excluding carboxylic acids is 2. The highest BCUT2D eigenvalue weighted by atomic mass is 19.4. The summed E-state index contributed by atoms with van der Waals surface area (Å²) in [5.74, 6) is -1.39. The number of primary amides is 1. The second-order valence-corrected chi connectivity index (χ2v) is 4.63. The van der Waals surface area contributed by atoms with Crippen molar-refractivity contribution in [3.8, 4) is 5.75 Å². The van der Waals surface area contributed by atoms with E-state index in [2.05, 4.69) is 4.74 Å². The number of para-hydroxylation sites is 1. The minimum atomic E-state index is -4.83. The van der Waals surface area contributed by atoms with E-state index in [-0.39, 0.29) is 30.9 Å². The van der Waals surface area contributed by atoms with Crippen molar-refractivity contribution in [3.05, 3.63) is 29.8 Å². The molecule has 1 aliphatic rings. The van der Waals surface area contributed by atoms with Gasteiger partial charge in [-0.2, -0.15) is 0 Å². The fraction of sp³-hybridized carbons (Fsp3) is 0.385. The predicted octanol–water partition coefficient (Wildman–Crippen LogP) is 1.56. The zero-order chi connectivity index (χ0) is 15.6. The molecule has 0 bridgehead atoms. The van der Waals surface area contributed by atoms with Gasteiger partial charge in [-0.05, 0) is 12.5 Å². The molecule has 0 unspecified atom stereocenters. The molecular formula is C13H13F3N2O3. The first-order valence-electron chi connectivity index (χ1n) is 6.20. The van der Waals surface area contributed by atoms with E-state index in [1.54, 1.807) is 0 Å². The van der Waals surface area contributed by atoms with Gasteiger partial charge in [0.1, 0.15) is 11.8 Å². The predicted molar refractivity (Wildman–Crippen MR) is 65.9 cm³/mol. The third kappa shape index (κ3) is 3.65. The lowest BCUT2D eigenvalue weighted by molar-refractivity contribution is -0.275. The smallest absolute Gasteiger partial charge is 0.405 e. The van der Waals surface area contributed by atoms with E-state index in [1.807, 2.05) is 0 Å². The van der Waals surface area contributed by atoms with Gasteiger partial charge < -0.3 is 15.4 Å². The third-order valence-corrected chi connectivity index (χ3v) is 3.20. The molecule has 1 aromatic rings. The molecule has 21 heavy (non-hydrogen) atoms. The maximum Gasteiger partial charge on any atom is 0.573 e. The standard InChI is InChI=1S/C13H13F3N2O3/c14-13(15,16)21-10-4-2-1-3-8(10)7-18-9(12(17)20)5-6-11(18)19/h1-4,9H,5-7H2,(H2,17,20)/t9-/m1/s1. The number of alkyl halides is 3. The molecular weight excluding hydrogens is 289 g/mol. The zero-order valence-electron chi connectivity index (χ0n) is 10.9.